The first-order valence-corrected chi connectivity index (χ1v) is 8.85. The third-order valence-corrected chi connectivity index (χ3v) is 3.15. The molecule has 0 heterocycles. The van der Waals surface area contributed by atoms with E-state index in [0.29, 0.717) is 6.42 Å². The molecule has 0 saturated heterocycles. The van der Waals surface area contributed by atoms with Gasteiger partial charge >= 0.3 is 0 Å². The molecule has 0 aromatic heterocycles. The largest absolute Gasteiger partial charge is 0.291 e. The molecular weight excluding hydrogens is 326 g/mol. The number of rotatable bonds is 14. The van der Waals surface area contributed by atoms with Gasteiger partial charge in [-0.3, -0.25) is 14.9 Å². The minimum Gasteiger partial charge on any atom is -0.291 e. The average Bonchev–Trinajstić information content (AvgIpc) is 2.63. The highest BCUT2D eigenvalue weighted by Crippen LogP contribution is 2.06. The van der Waals surface area contributed by atoms with Crippen molar-refractivity contribution in [2.24, 2.45) is 0 Å². The van der Waals surface area contributed by atoms with Crippen LogP contribution in [0.3, 0.4) is 0 Å². The maximum absolute atomic E-state index is 10.7. The Hall–Kier alpha value is -2.75. The highest BCUT2D eigenvalue weighted by Gasteiger charge is 2.08. The lowest BCUT2D eigenvalue weighted by Crippen LogP contribution is -1.98. The second kappa shape index (κ2) is 18.6. The summed E-state index contributed by atoms with van der Waals surface area (Å²) in [6.45, 7) is 2.12. The van der Waals surface area contributed by atoms with E-state index in [-0.39, 0.29) is 18.5 Å². The van der Waals surface area contributed by atoms with Crippen LogP contribution >= 0.6 is 0 Å². The summed E-state index contributed by atoms with van der Waals surface area (Å²) in [7, 11) is 0. The fourth-order valence-corrected chi connectivity index (χ4v) is 1.83. The molecule has 0 aromatic carbocycles. The van der Waals surface area contributed by atoms with Gasteiger partial charge in [-0.05, 0) is 31.8 Å². The van der Waals surface area contributed by atoms with E-state index in [1.165, 1.54) is 6.08 Å². The van der Waals surface area contributed by atoms with Crippen molar-refractivity contribution in [2.45, 2.75) is 45.4 Å². The van der Waals surface area contributed by atoms with Gasteiger partial charge in [0.2, 0.25) is 5.70 Å². The van der Waals surface area contributed by atoms with Gasteiger partial charge in [-0.2, -0.15) is 0 Å². The van der Waals surface area contributed by atoms with Crippen LogP contribution in [0, 0.1) is 10.1 Å². The van der Waals surface area contributed by atoms with Crippen LogP contribution in [-0.2, 0) is 4.79 Å². The van der Waals surface area contributed by atoms with Crippen LogP contribution in [0.1, 0.15) is 45.4 Å². The molecule has 139 valence electrons. The SMILES string of the molecule is CC/C=C/C/C=C/C/C=C/C=C/C=C/C=C/C/C=C(/CC[C]=O)[N+](=O)[O-]. The van der Waals surface area contributed by atoms with Gasteiger partial charge in [-0.25, -0.2) is 0 Å². The molecule has 4 heteroatoms. The van der Waals surface area contributed by atoms with Crippen molar-refractivity contribution in [3.8, 4) is 0 Å². The Labute approximate surface area is 156 Å². The number of allylic oxidation sites excluding steroid dienone is 14. The molecular formula is C22H28NO3. The van der Waals surface area contributed by atoms with Crippen molar-refractivity contribution < 1.29 is 9.72 Å². The third kappa shape index (κ3) is 16.1. The minimum atomic E-state index is -0.451. The summed E-state index contributed by atoms with van der Waals surface area (Å²) in [5, 5.41) is 10.7. The average molecular weight is 354 g/mol. The Morgan fingerprint density at radius 3 is 1.96 bits per heavy atom. The smallest absolute Gasteiger partial charge is 0.243 e. The van der Waals surface area contributed by atoms with Crippen molar-refractivity contribution in [2.75, 3.05) is 0 Å². The molecule has 0 N–H and O–H groups in total. The van der Waals surface area contributed by atoms with E-state index >= 15 is 0 Å². The lowest BCUT2D eigenvalue weighted by atomic mass is 10.2. The number of hydrogen-bond acceptors (Lipinski definition) is 3. The Morgan fingerprint density at radius 1 is 0.846 bits per heavy atom. The molecule has 0 atom stereocenters. The lowest BCUT2D eigenvalue weighted by molar-refractivity contribution is -0.428. The van der Waals surface area contributed by atoms with Crippen molar-refractivity contribution in [3.05, 3.63) is 94.8 Å². The van der Waals surface area contributed by atoms with Gasteiger partial charge in [0.25, 0.3) is 0 Å². The van der Waals surface area contributed by atoms with Gasteiger partial charge in [0.15, 0.2) is 6.29 Å². The molecule has 0 aliphatic heterocycles. The van der Waals surface area contributed by atoms with Gasteiger partial charge in [-0.1, -0.05) is 79.8 Å². The van der Waals surface area contributed by atoms with Crippen LogP contribution in [0.2, 0.25) is 0 Å². The molecule has 0 saturated carbocycles. The highest BCUT2D eigenvalue weighted by molar-refractivity contribution is 5.50. The molecule has 0 aromatic rings. The van der Waals surface area contributed by atoms with Gasteiger partial charge < -0.3 is 0 Å². The third-order valence-electron chi connectivity index (χ3n) is 3.15. The van der Waals surface area contributed by atoms with Crippen molar-refractivity contribution in [1.29, 1.82) is 0 Å². The van der Waals surface area contributed by atoms with E-state index < -0.39 is 4.92 Å². The first kappa shape index (κ1) is 23.2. The first-order valence-electron chi connectivity index (χ1n) is 8.85. The van der Waals surface area contributed by atoms with Crippen LogP contribution in [0.5, 0.6) is 0 Å². The Bertz CT molecular complexity index is 591. The van der Waals surface area contributed by atoms with Crippen LogP contribution in [-0.4, -0.2) is 11.2 Å². The van der Waals surface area contributed by atoms with Crippen LogP contribution in [0.15, 0.2) is 84.7 Å². The molecule has 0 amide bonds. The standard InChI is InChI=1S/C22H28NO3/c1-2-3-4-5-6-7-8-9-10-11-12-13-14-15-16-17-19-22(23(25)26)20-18-21-24/h3-4,6-7,9-16,19H,2,5,8,17-18,20H2,1H3/b4-3+,7-6+,10-9+,12-11+,14-13+,16-15+,22-19-. The Kier molecular flexibility index (Phi) is 16.6. The monoisotopic (exact) mass is 354 g/mol. The summed E-state index contributed by atoms with van der Waals surface area (Å²) in [6.07, 6.45) is 30.8. The Balaban J connectivity index is 3.99. The number of carbonyl (C=O) groups excluding carboxylic acids is 1. The zero-order valence-electron chi connectivity index (χ0n) is 15.4. The summed E-state index contributed by atoms with van der Waals surface area (Å²) in [6, 6.07) is 0. The molecule has 0 bridgehead atoms. The van der Waals surface area contributed by atoms with E-state index in [2.05, 4.69) is 37.3 Å². The van der Waals surface area contributed by atoms with E-state index in [1.54, 1.807) is 6.29 Å². The van der Waals surface area contributed by atoms with Crippen molar-refractivity contribution in [1.82, 2.24) is 0 Å². The topological polar surface area (TPSA) is 60.2 Å². The zero-order valence-corrected chi connectivity index (χ0v) is 15.4. The summed E-state index contributed by atoms with van der Waals surface area (Å²) >= 11 is 0. The van der Waals surface area contributed by atoms with Gasteiger partial charge in [0.05, 0.1) is 4.92 Å². The van der Waals surface area contributed by atoms with Crippen LogP contribution in [0.25, 0.3) is 0 Å². The molecule has 0 rings (SSSR count). The second-order valence-electron chi connectivity index (χ2n) is 5.28. The van der Waals surface area contributed by atoms with E-state index in [1.807, 2.05) is 42.5 Å². The van der Waals surface area contributed by atoms with Crippen LogP contribution < -0.4 is 0 Å². The normalized spacial score (nSPS) is 13.5. The number of nitro groups is 1. The summed E-state index contributed by atoms with van der Waals surface area (Å²) in [4.78, 5) is 20.4. The number of nitrogens with zero attached hydrogens (tertiary/aromatic N) is 1. The Morgan fingerprint density at radius 2 is 1.38 bits per heavy atom. The summed E-state index contributed by atoms with van der Waals surface area (Å²) in [5.74, 6) is 0. The van der Waals surface area contributed by atoms with E-state index in [4.69, 9.17) is 0 Å². The molecule has 0 aliphatic rings. The predicted molar refractivity (Wildman–Crippen MR) is 109 cm³/mol. The van der Waals surface area contributed by atoms with Crippen molar-refractivity contribution in [3.63, 3.8) is 0 Å². The molecule has 4 nitrogen and oxygen atoms in total. The highest BCUT2D eigenvalue weighted by atomic mass is 16.6. The van der Waals surface area contributed by atoms with E-state index in [9.17, 15) is 14.9 Å². The molecule has 26 heavy (non-hydrogen) atoms. The lowest BCUT2D eigenvalue weighted by Gasteiger charge is -1.93. The molecule has 0 fully saturated rings. The van der Waals surface area contributed by atoms with E-state index in [0.717, 1.165) is 19.3 Å². The fourth-order valence-electron chi connectivity index (χ4n) is 1.83. The fraction of sp³-hybridized carbons (Fsp3) is 0.318. The maximum Gasteiger partial charge on any atom is 0.243 e. The molecule has 0 aliphatic carbocycles. The molecule has 0 spiro atoms. The zero-order chi connectivity index (χ0) is 19.3. The summed E-state index contributed by atoms with van der Waals surface area (Å²) < 4.78 is 0. The predicted octanol–water partition coefficient (Wildman–Crippen LogP) is 5.95. The quantitative estimate of drug-likeness (QED) is 0.167. The van der Waals surface area contributed by atoms with Gasteiger partial charge in [-0.15, -0.1) is 0 Å². The van der Waals surface area contributed by atoms with Crippen LogP contribution in [0.4, 0.5) is 0 Å². The second-order valence-corrected chi connectivity index (χ2v) is 5.28. The van der Waals surface area contributed by atoms with Gasteiger partial charge in [0.1, 0.15) is 0 Å². The van der Waals surface area contributed by atoms with Crippen molar-refractivity contribution >= 4 is 6.29 Å². The maximum atomic E-state index is 10.7. The molecule has 1 radical (unpaired) electrons. The molecule has 0 unspecified atom stereocenters. The first-order chi connectivity index (χ1) is 12.7. The number of hydrogen-bond donors (Lipinski definition) is 0. The summed E-state index contributed by atoms with van der Waals surface area (Å²) in [5.41, 5.74) is 0.0578. The van der Waals surface area contributed by atoms with Gasteiger partial charge in [0, 0.05) is 12.8 Å². The minimum absolute atomic E-state index is 0.0560.